The smallest absolute Gasteiger partial charge is 0.127 e. The van der Waals surface area contributed by atoms with Crippen LogP contribution < -0.4 is 9.47 Å². The molecule has 4 aromatic carbocycles. The summed E-state index contributed by atoms with van der Waals surface area (Å²) in [4.78, 5) is 0. The lowest BCUT2D eigenvalue weighted by atomic mass is 9.93. The molecule has 0 saturated heterocycles. The van der Waals surface area contributed by atoms with Gasteiger partial charge in [-0.2, -0.15) is 0 Å². The van der Waals surface area contributed by atoms with Crippen LogP contribution in [-0.2, 0) is 0 Å². The van der Waals surface area contributed by atoms with Crippen molar-refractivity contribution < 1.29 is 19.7 Å². The Morgan fingerprint density at radius 3 is 2.11 bits per heavy atom. The van der Waals surface area contributed by atoms with E-state index in [0.29, 0.717) is 5.75 Å². The van der Waals surface area contributed by atoms with E-state index in [0.717, 1.165) is 38.4 Å². The van der Waals surface area contributed by atoms with Crippen LogP contribution >= 0.6 is 0 Å². The van der Waals surface area contributed by atoms with E-state index in [9.17, 15) is 5.11 Å². The SMILES string of the molecule is OCCOc1cc(-c2c(OCCO)ccc3ccccc23)c2ccccc2c1. The van der Waals surface area contributed by atoms with Crippen LogP contribution in [-0.4, -0.2) is 36.6 Å². The number of rotatable bonds is 7. The molecule has 0 bridgehead atoms. The van der Waals surface area contributed by atoms with Crippen molar-refractivity contribution in [2.75, 3.05) is 26.4 Å². The van der Waals surface area contributed by atoms with Crippen LogP contribution in [0.3, 0.4) is 0 Å². The molecule has 0 aliphatic heterocycles. The minimum atomic E-state index is -0.0489. The molecule has 4 heteroatoms. The molecule has 2 N–H and O–H groups in total. The molecular formula is C24H22O4. The summed E-state index contributed by atoms with van der Waals surface area (Å²) in [6.45, 7) is 0.374. The summed E-state index contributed by atoms with van der Waals surface area (Å²) in [5.74, 6) is 1.42. The van der Waals surface area contributed by atoms with Crippen LogP contribution in [0.1, 0.15) is 0 Å². The maximum Gasteiger partial charge on any atom is 0.127 e. The molecule has 0 unspecified atom stereocenters. The second kappa shape index (κ2) is 8.30. The largest absolute Gasteiger partial charge is 0.491 e. The number of fused-ring (bicyclic) bond motifs is 2. The van der Waals surface area contributed by atoms with Gasteiger partial charge in [-0.15, -0.1) is 0 Å². The summed E-state index contributed by atoms with van der Waals surface area (Å²) in [6, 6.07) is 24.3. The molecular weight excluding hydrogens is 352 g/mol. The first-order valence-corrected chi connectivity index (χ1v) is 9.34. The summed E-state index contributed by atoms with van der Waals surface area (Å²) in [5.41, 5.74) is 1.97. The Morgan fingerprint density at radius 1 is 0.643 bits per heavy atom. The Morgan fingerprint density at radius 2 is 1.32 bits per heavy atom. The van der Waals surface area contributed by atoms with Crippen molar-refractivity contribution in [2.24, 2.45) is 0 Å². The van der Waals surface area contributed by atoms with Gasteiger partial charge in [0.1, 0.15) is 24.7 Å². The Labute approximate surface area is 163 Å². The normalized spacial score (nSPS) is 11.1. The lowest BCUT2D eigenvalue weighted by Crippen LogP contribution is -2.04. The lowest BCUT2D eigenvalue weighted by molar-refractivity contribution is 0.201. The molecule has 0 fully saturated rings. The first kappa shape index (κ1) is 18.3. The molecule has 4 nitrogen and oxygen atoms in total. The Kier molecular flexibility index (Phi) is 5.42. The molecule has 4 aromatic rings. The van der Waals surface area contributed by atoms with Crippen molar-refractivity contribution >= 4 is 21.5 Å². The van der Waals surface area contributed by atoms with Gasteiger partial charge in [0.15, 0.2) is 0 Å². The third-order valence-corrected chi connectivity index (χ3v) is 4.70. The average Bonchev–Trinajstić information content (AvgIpc) is 2.75. The van der Waals surface area contributed by atoms with Gasteiger partial charge in [-0.25, -0.2) is 0 Å². The number of ether oxygens (including phenoxy) is 2. The summed E-state index contributed by atoms with van der Waals surface area (Å²) >= 11 is 0. The van der Waals surface area contributed by atoms with E-state index in [1.807, 2.05) is 54.6 Å². The molecule has 0 aliphatic carbocycles. The van der Waals surface area contributed by atoms with E-state index in [1.54, 1.807) is 0 Å². The minimum absolute atomic E-state index is 0.0404. The highest BCUT2D eigenvalue weighted by Gasteiger charge is 2.15. The predicted octanol–water partition coefficient (Wildman–Crippen LogP) is 4.40. The van der Waals surface area contributed by atoms with Gasteiger partial charge in [-0.3, -0.25) is 0 Å². The highest BCUT2D eigenvalue weighted by molar-refractivity contribution is 6.08. The molecule has 142 valence electrons. The predicted molar refractivity (Wildman–Crippen MR) is 112 cm³/mol. The fraction of sp³-hybridized carbons (Fsp3) is 0.167. The zero-order valence-corrected chi connectivity index (χ0v) is 15.5. The molecule has 0 amide bonds. The van der Waals surface area contributed by atoms with E-state index in [4.69, 9.17) is 14.6 Å². The average molecular weight is 374 g/mol. The molecule has 0 heterocycles. The second-order valence-corrected chi connectivity index (χ2v) is 6.50. The van der Waals surface area contributed by atoms with Crippen LogP contribution in [0.25, 0.3) is 32.7 Å². The van der Waals surface area contributed by atoms with Crippen molar-refractivity contribution in [3.63, 3.8) is 0 Å². The van der Waals surface area contributed by atoms with Gasteiger partial charge in [-0.05, 0) is 45.3 Å². The summed E-state index contributed by atoms with van der Waals surface area (Å²) in [5, 5.41) is 22.7. The monoisotopic (exact) mass is 374 g/mol. The van der Waals surface area contributed by atoms with Crippen molar-refractivity contribution in [3.05, 3.63) is 72.8 Å². The highest BCUT2D eigenvalue weighted by Crippen LogP contribution is 2.42. The number of hydrogen-bond donors (Lipinski definition) is 2. The van der Waals surface area contributed by atoms with Crippen molar-refractivity contribution in [1.82, 2.24) is 0 Å². The highest BCUT2D eigenvalue weighted by atomic mass is 16.5. The van der Waals surface area contributed by atoms with Crippen molar-refractivity contribution in [1.29, 1.82) is 0 Å². The van der Waals surface area contributed by atoms with E-state index in [1.165, 1.54) is 0 Å². The van der Waals surface area contributed by atoms with Gasteiger partial charge >= 0.3 is 0 Å². The fourth-order valence-corrected chi connectivity index (χ4v) is 3.54. The third kappa shape index (κ3) is 3.52. The molecule has 28 heavy (non-hydrogen) atoms. The second-order valence-electron chi connectivity index (χ2n) is 6.50. The topological polar surface area (TPSA) is 58.9 Å². The van der Waals surface area contributed by atoms with Crippen LogP contribution in [0.2, 0.25) is 0 Å². The standard InChI is InChI=1S/C24H22O4/c25-11-13-27-19-15-18-6-2-3-7-20(18)22(16-19)24-21-8-4-1-5-17(21)9-10-23(24)28-14-12-26/h1-10,15-16,25-26H,11-14H2. The third-order valence-electron chi connectivity index (χ3n) is 4.70. The summed E-state index contributed by atoms with van der Waals surface area (Å²) < 4.78 is 11.6. The number of aliphatic hydroxyl groups is 2. The van der Waals surface area contributed by atoms with Crippen molar-refractivity contribution in [3.8, 4) is 22.6 Å². The van der Waals surface area contributed by atoms with Gasteiger partial charge in [0.25, 0.3) is 0 Å². The first-order valence-electron chi connectivity index (χ1n) is 9.34. The van der Waals surface area contributed by atoms with Gasteiger partial charge < -0.3 is 19.7 Å². The van der Waals surface area contributed by atoms with Crippen LogP contribution in [0.5, 0.6) is 11.5 Å². The summed E-state index contributed by atoms with van der Waals surface area (Å²) in [6.07, 6.45) is 0. The van der Waals surface area contributed by atoms with E-state index in [-0.39, 0.29) is 26.4 Å². The lowest BCUT2D eigenvalue weighted by Gasteiger charge is -2.17. The zero-order chi connectivity index (χ0) is 19.3. The number of aliphatic hydroxyl groups excluding tert-OH is 2. The van der Waals surface area contributed by atoms with Gasteiger partial charge in [0.05, 0.1) is 13.2 Å². The molecule has 0 aliphatic rings. The quantitative estimate of drug-likeness (QED) is 0.503. The van der Waals surface area contributed by atoms with E-state index in [2.05, 4.69) is 18.2 Å². The maximum absolute atomic E-state index is 9.25. The maximum atomic E-state index is 9.25. The minimum Gasteiger partial charge on any atom is -0.491 e. The Balaban J connectivity index is 2.01. The van der Waals surface area contributed by atoms with E-state index < -0.39 is 0 Å². The fourth-order valence-electron chi connectivity index (χ4n) is 3.54. The molecule has 0 aromatic heterocycles. The van der Waals surface area contributed by atoms with Gasteiger partial charge in [0.2, 0.25) is 0 Å². The zero-order valence-electron chi connectivity index (χ0n) is 15.5. The van der Waals surface area contributed by atoms with Crippen molar-refractivity contribution in [2.45, 2.75) is 0 Å². The van der Waals surface area contributed by atoms with Crippen LogP contribution in [0.15, 0.2) is 72.8 Å². The van der Waals surface area contributed by atoms with Crippen LogP contribution in [0.4, 0.5) is 0 Å². The molecule has 4 rings (SSSR count). The number of benzene rings is 4. The number of hydrogen-bond acceptors (Lipinski definition) is 4. The molecule has 0 spiro atoms. The summed E-state index contributed by atoms with van der Waals surface area (Å²) in [7, 11) is 0. The Bertz CT molecular complexity index is 1100. The molecule has 0 radical (unpaired) electrons. The van der Waals surface area contributed by atoms with Gasteiger partial charge in [-0.1, -0.05) is 54.6 Å². The molecule has 0 atom stereocenters. The van der Waals surface area contributed by atoms with Crippen LogP contribution in [0, 0.1) is 0 Å². The first-order chi connectivity index (χ1) is 13.8. The Hall–Kier alpha value is -3.08. The van der Waals surface area contributed by atoms with Gasteiger partial charge in [0, 0.05) is 5.56 Å². The molecule has 0 saturated carbocycles. The van der Waals surface area contributed by atoms with E-state index >= 15 is 0 Å².